The Balaban J connectivity index is 1.66. The Morgan fingerprint density at radius 2 is 2.17 bits per heavy atom. The summed E-state index contributed by atoms with van der Waals surface area (Å²) in [6, 6.07) is 4.90. The van der Waals surface area contributed by atoms with Gasteiger partial charge in [-0.1, -0.05) is 17.7 Å². The molecule has 1 saturated carbocycles. The molecule has 18 heavy (non-hydrogen) atoms. The number of aliphatic hydroxyl groups excluding tert-OH is 1. The number of hydrogen-bond acceptors (Lipinski definition) is 2. The molecule has 2 aliphatic rings. The summed E-state index contributed by atoms with van der Waals surface area (Å²) in [5.41, 5.74) is 1.04. The van der Waals surface area contributed by atoms with Crippen LogP contribution in [-0.4, -0.2) is 29.2 Å². The first-order valence-corrected chi connectivity index (χ1v) is 6.85. The van der Waals surface area contributed by atoms with Crippen LogP contribution >= 0.6 is 11.6 Å². The van der Waals surface area contributed by atoms with Crippen LogP contribution in [0.4, 0.5) is 4.39 Å². The van der Waals surface area contributed by atoms with Crippen molar-refractivity contribution in [2.24, 2.45) is 11.8 Å². The van der Waals surface area contributed by atoms with Crippen molar-refractivity contribution in [1.82, 2.24) is 4.90 Å². The van der Waals surface area contributed by atoms with E-state index in [0.29, 0.717) is 11.8 Å². The molecule has 4 heteroatoms. The second-order valence-corrected chi connectivity index (χ2v) is 5.92. The van der Waals surface area contributed by atoms with E-state index in [1.54, 1.807) is 12.1 Å². The van der Waals surface area contributed by atoms with Crippen LogP contribution in [0, 0.1) is 17.7 Å². The first-order chi connectivity index (χ1) is 8.63. The summed E-state index contributed by atoms with van der Waals surface area (Å²) in [6.07, 6.45) is 1.95. The van der Waals surface area contributed by atoms with Crippen molar-refractivity contribution < 1.29 is 9.50 Å². The van der Waals surface area contributed by atoms with E-state index in [9.17, 15) is 9.50 Å². The predicted molar refractivity (Wildman–Crippen MR) is 68.9 cm³/mol. The maximum Gasteiger partial charge on any atom is 0.141 e. The van der Waals surface area contributed by atoms with Crippen LogP contribution in [0.5, 0.6) is 0 Å². The smallest absolute Gasteiger partial charge is 0.141 e. The Bertz CT molecular complexity index is 453. The van der Waals surface area contributed by atoms with Gasteiger partial charge in [-0.15, -0.1) is 0 Å². The van der Waals surface area contributed by atoms with E-state index in [2.05, 4.69) is 4.90 Å². The minimum absolute atomic E-state index is 0.128. The number of nitrogens with zero attached hydrogens (tertiary/aromatic N) is 1. The van der Waals surface area contributed by atoms with E-state index < -0.39 is 0 Å². The lowest BCUT2D eigenvalue weighted by Gasteiger charge is -2.18. The van der Waals surface area contributed by atoms with Crippen molar-refractivity contribution in [3.8, 4) is 0 Å². The topological polar surface area (TPSA) is 23.5 Å². The Morgan fingerprint density at radius 1 is 1.33 bits per heavy atom. The molecule has 0 radical (unpaired) electrons. The zero-order valence-corrected chi connectivity index (χ0v) is 10.9. The third-order valence-electron chi connectivity index (χ3n) is 4.28. The Labute approximate surface area is 111 Å². The summed E-state index contributed by atoms with van der Waals surface area (Å²) < 4.78 is 13.1. The minimum atomic E-state index is -0.367. The van der Waals surface area contributed by atoms with Gasteiger partial charge >= 0.3 is 0 Å². The van der Waals surface area contributed by atoms with Crippen LogP contribution in [0.3, 0.4) is 0 Å². The number of hydrogen-bond donors (Lipinski definition) is 1. The highest BCUT2D eigenvalue weighted by atomic mass is 35.5. The summed E-state index contributed by atoms with van der Waals surface area (Å²) >= 11 is 5.78. The van der Waals surface area contributed by atoms with Crippen molar-refractivity contribution in [3.05, 3.63) is 34.6 Å². The Hall–Kier alpha value is -0.640. The molecule has 1 aliphatic heterocycles. The first kappa shape index (κ1) is 12.4. The number of fused-ring (bicyclic) bond motifs is 1. The average Bonchev–Trinajstić information content (AvgIpc) is 2.87. The lowest BCUT2D eigenvalue weighted by molar-refractivity contribution is 0.123. The van der Waals surface area contributed by atoms with Crippen molar-refractivity contribution in [3.63, 3.8) is 0 Å². The molecule has 1 aromatic rings. The molecule has 0 aromatic heterocycles. The number of benzene rings is 1. The highest BCUT2D eigenvalue weighted by Gasteiger charge is 2.41. The van der Waals surface area contributed by atoms with E-state index in [4.69, 9.17) is 11.6 Å². The van der Waals surface area contributed by atoms with Gasteiger partial charge in [0.1, 0.15) is 5.82 Å². The van der Waals surface area contributed by atoms with E-state index in [0.717, 1.165) is 38.0 Å². The van der Waals surface area contributed by atoms with Gasteiger partial charge in [0.05, 0.1) is 11.1 Å². The maximum absolute atomic E-state index is 13.1. The van der Waals surface area contributed by atoms with Crippen LogP contribution in [0.25, 0.3) is 0 Å². The third-order valence-corrected chi connectivity index (χ3v) is 4.57. The fraction of sp³-hybridized carbons (Fsp3) is 0.571. The standard InChI is InChI=1S/C14H17ClFNO/c15-12-5-9(1-3-13(12)16)6-17-7-10-2-4-14(18)11(10)8-17/h1,3,5,10-11,14,18H,2,4,6-8H2. The van der Waals surface area contributed by atoms with Crippen LogP contribution in [0.1, 0.15) is 18.4 Å². The predicted octanol–water partition coefficient (Wildman–Crippen LogP) is 2.68. The molecule has 1 saturated heterocycles. The minimum Gasteiger partial charge on any atom is -0.393 e. The summed E-state index contributed by atoms with van der Waals surface area (Å²) in [4.78, 5) is 2.33. The lowest BCUT2D eigenvalue weighted by atomic mass is 10.00. The summed E-state index contributed by atoms with van der Waals surface area (Å²) in [7, 11) is 0. The first-order valence-electron chi connectivity index (χ1n) is 6.48. The molecule has 0 bridgehead atoms. The lowest BCUT2D eigenvalue weighted by Crippen LogP contribution is -2.24. The Morgan fingerprint density at radius 3 is 2.89 bits per heavy atom. The number of aliphatic hydroxyl groups is 1. The maximum atomic E-state index is 13.1. The van der Waals surface area contributed by atoms with Crippen molar-refractivity contribution in [1.29, 1.82) is 0 Å². The fourth-order valence-electron chi connectivity index (χ4n) is 3.35. The molecule has 1 aliphatic carbocycles. The number of likely N-dealkylation sites (tertiary alicyclic amines) is 1. The summed E-state index contributed by atoms with van der Waals surface area (Å²) in [6.45, 7) is 2.78. The van der Waals surface area contributed by atoms with E-state index in [1.165, 1.54) is 6.07 Å². The zero-order chi connectivity index (χ0) is 12.7. The molecule has 98 valence electrons. The monoisotopic (exact) mass is 269 g/mol. The molecule has 3 unspecified atom stereocenters. The molecule has 1 aromatic carbocycles. The number of halogens is 2. The highest BCUT2D eigenvalue weighted by Crippen LogP contribution is 2.38. The molecule has 2 fully saturated rings. The van der Waals surface area contributed by atoms with Gasteiger partial charge in [-0.2, -0.15) is 0 Å². The van der Waals surface area contributed by atoms with Gasteiger partial charge in [0, 0.05) is 25.6 Å². The molecule has 3 atom stereocenters. The van der Waals surface area contributed by atoms with E-state index in [-0.39, 0.29) is 16.9 Å². The Kier molecular flexibility index (Phi) is 3.31. The quantitative estimate of drug-likeness (QED) is 0.892. The second-order valence-electron chi connectivity index (χ2n) is 5.51. The largest absolute Gasteiger partial charge is 0.393 e. The molecule has 3 rings (SSSR count). The van der Waals surface area contributed by atoms with Crippen LogP contribution in [-0.2, 0) is 6.54 Å². The third kappa shape index (κ3) is 2.27. The summed E-state index contributed by atoms with van der Waals surface area (Å²) in [5, 5.41) is 10.1. The van der Waals surface area contributed by atoms with Crippen LogP contribution < -0.4 is 0 Å². The SMILES string of the molecule is OC1CCC2CN(Cc3ccc(F)c(Cl)c3)CC12. The van der Waals surface area contributed by atoms with Gasteiger partial charge in [-0.3, -0.25) is 4.90 Å². The molecule has 0 spiro atoms. The van der Waals surface area contributed by atoms with Crippen molar-refractivity contribution >= 4 is 11.6 Å². The molecular formula is C14H17ClFNO. The van der Waals surface area contributed by atoms with Gasteiger partial charge in [-0.05, 0) is 36.5 Å². The average molecular weight is 270 g/mol. The van der Waals surface area contributed by atoms with Crippen LogP contribution in [0.2, 0.25) is 5.02 Å². The fourth-order valence-corrected chi connectivity index (χ4v) is 3.56. The van der Waals surface area contributed by atoms with Gasteiger partial charge in [0.15, 0.2) is 0 Å². The van der Waals surface area contributed by atoms with Gasteiger partial charge < -0.3 is 5.11 Å². The van der Waals surface area contributed by atoms with Crippen molar-refractivity contribution in [2.45, 2.75) is 25.5 Å². The molecule has 0 amide bonds. The van der Waals surface area contributed by atoms with Crippen LogP contribution in [0.15, 0.2) is 18.2 Å². The molecular weight excluding hydrogens is 253 g/mol. The molecule has 2 nitrogen and oxygen atoms in total. The van der Waals surface area contributed by atoms with E-state index in [1.807, 2.05) is 0 Å². The summed E-state index contributed by atoms with van der Waals surface area (Å²) in [5.74, 6) is 0.700. The van der Waals surface area contributed by atoms with Crippen molar-refractivity contribution in [2.75, 3.05) is 13.1 Å². The molecule has 1 heterocycles. The van der Waals surface area contributed by atoms with E-state index >= 15 is 0 Å². The second kappa shape index (κ2) is 4.80. The zero-order valence-electron chi connectivity index (χ0n) is 10.1. The van der Waals surface area contributed by atoms with Gasteiger partial charge in [0.25, 0.3) is 0 Å². The number of rotatable bonds is 2. The molecule has 1 N–H and O–H groups in total. The normalized spacial score (nSPS) is 31.8. The highest BCUT2D eigenvalue weighted by molar-refractivity contribution is 6.30. The van der Waals surface area contributed by atoms with Gasteiger partial charge in [0.2, 0.25) is 0 Å². The van der Waals surface area contributed by atoms with Gasteiger partial charge in [-0.25, -0.2) is 4.39 Å².